The molecule has 1 fully saturated rings. The molecule has 1 aliphatic rings. The van der Waals surface area contributed by atoms with Gasteiger partial charge in [0.15, 0.2) is 0 Å². The number of rotatable bonds is 2. The van der Waals surface area contributed by atoms with E-state index in [2.05, 4.69) is 20.9 Å². The van der Waals surface area contributed by atoms with Crippen molar-refractivity contribution in [2.24, 2.45) is 0 Å². The number of amides is 1. The summed E-state index contributed by atoms with van der Waals surface area (Å²) in [6.07, 6.45) is 4.84. The number of nitrogens with zero attached hydrogens (tertiary/aromatic N) is 2. The van der Waals surface area contributed by atoms with Gasteiger partial charge in [-0.1, -0.05) is 27.5 Å². The molecular weight excluding hydrogens is 304 g/mol. The number of pyridine rings is 1. The van der Waals surface area contributed by atoms with Gasteiger partial charge in [0.25, 0.3) is 5.91 Å². The molecule has 0 saturated carbocycles. The number of carbonyl (C=O) groups excluding carboxylic acids is 1. The standard InChI is InChI=1S/C12H14BrClN2O/c13-7-10-3-1-2-6-16(10)12(17)11-5-4-9(14)8-15-11/h4-5,8,10H,1-3,6-7H2. The first kappa shape index (κ1) is 12.8. The monoisotopic (exact) mass is 316 g/mol. The van der Waals surface area contributed by atoms with Crippen LogP contribution in [0.15, 0.2) is 18.3 Å². The van der Waals surface area contributed by atoms with E-state index < -0.39 is 0 Å². The zero-order chi connectivity index (χ0) is 12.3. The molecule has 1 aromatic heterocycles. The SMILES string of the molecule is O=C(c1ccc(Cl)cn1)N1CCCCC1CBr. The van der Waals surface area contributed by atoms with Crippen molar-refractivity contribution in [1.29, 1.82) is 0 Å². The van der Waals surface area contributed by atoms with Crippen molar-refractivity contribution in [2.45, 2.75) is 25.3 Å². The van der Waals surface area contributed by atoms with Crippen LogP contribution in [0.4, 0.5) is 0 Å². The van der Waals surface area contributed by atoms with Crippen LogP contribution in [0.5, 0.6) is 0 Å². The molecule has 0 N–H and O–H groups in total. The smallest absolute Gasteiger partial charge is 0.272 e. The second kappa shape index (κ2) is 5.83. The molecule has 17 heavy (non-hydrogen) atoms. The van der Waals surface area contributed by atoms with Crippen LogP contribution >= 0.6 is 27.5 Å². The van der Waals surface area contributed by atoms with Crippen LogP contribution in [0.2, 0.25) is 5.02 Å². The highest BCUT2D eigenvalue weighted by molar-refractivity contribution is 9.09. The van der Waals surface area contributed by atoms with Crippen LogP contribution < -0.4 is 0 Å². The van der Waals surface area contributed by atoms with Crippen molar-refractivity contribution >= 4 is 33.4 Å². The minimum absolute atomic E-state index is 0.00539. The second-order valence-corrected chi connectivity index (χ2v) is 5.25. The largest absolute Gasteiger partial charge is 0.333 e. The number of aromatic nitrogens is 1. The molecular formula is C12H14BrClN2O. The summed E-state index contributed by atoms with van der Waals surface area (Å²) < 4.78 is 0. The van der Waals surface area contributed by atoms with Crippen molar-refractivity contribution in [1.82, 2.24) is 9.88 Å². The average Bonchev–Trinajstić information content (AvgIpc) is 2.39. The molecule has 1 aromatic rings. The number of hydrogen-bond donors (Lipinski definition) is 0. The lowest BCUT2D eigenvalue weighted by molar-refractivity contribution is 0.0636. The van der Waals surface area contributed by atoms with Crippen LogP contribution in [0.1, 0.15) is 29.8 Å². The Bertz CT molecular complexity index is 396. The number of carbonyl (C=O) groups is 1. The Balaban J connectivity index is 2.15. The van der Waals surface area contributed by atoms with E-state index in [9.17, 15) is 4.79 Å². The molecule has 1 aliphatic heterocycles. The highest BCUT2D eigenvalue weighted by Crippen LogP contribution is 2.20. The van der Waals surface area contributed by atoms with E-state index in [1.807, 2.05) is 4.90 Å². The van der Waals surface area contributed by atoms with Crippen molar-refractivity contribution < 1.29 is 4.79 Å². The van der Waals surface area contributed by atoms with Gasteiger partial charge in [-0.05, 0) is 31.4 Å². The average molecular weight is 318 g/mol. The van der Waals surface area contributed by atoms with Gasteiger partial charge < -0.3 is 4.90 Å². The zero-order valence-corrected chi connectivity index (χ0v) is 11.7. The van der Waals surface area contributed by atoms with Crippen molar-refractivity contribution in [3.63, 3.8) is 0 Å². The topological polar surface area (TPSA) is 33.2 Å². The Labute approximate surface area is 114 Å². The first-order valence-corrected chi connectivity index (χ1v) is 7.21. The first-order chi connectivity index (χ1) is 8.22. The fraction of sp³-hybridized carbons (Fsp3) is 0.500. The Morgan fingerprint density at radius 2 is 2.35 bits per heavy atom. The Hall–Kier alpha value is -0.610. The highest BCUT2D eigenvalue weighted by atomic mass is 79.9. The van der Waals surface area contributed by atoms with Gasteiger partial charge in [0, 0.05) is 24.1 Å². The molecule has 92 valence electrons. The van der Waals surface area contributed by atoms with E-state index in [1.165, 1.54) is 12.6 Å². The molecule has 2 rings (SSSR count). The molecule has 1 unspecified atom stereocenters. The normalized spacial score (nSPS) is 20.4. The quantitative estimate of drug-likeness (QED) is 0.785. The molecule has 0 radical (unpaired) electrons. The molecule has 1 atom stereocenters. The molecule has 1 amide bonds. The van der Waals surface area contributed by atoms with Gasteiger partial charge in [0.1, 0.15) is 5.69 Å². The van der Waals surface area contributed by atoms with Crippen LogP contribution in [0.25, 0.3) is 0 Å². The Morgan fingerprint density at radius 3 is 3.00 bits per heavy atom. The van der Waals surface area contributed by atoms with Crippen LogP contribution in [-0.4, -0.2) is 33.7 Å². The molecule has 1 saturated heterocycles. The van der Waals surface area contributed by atoms with Gasteiger partial charge in [-0.25, -0.2) is 4.98 Å². The van der Waals surface area contributed by atoms with Gasteiger partial charge in [0.2, 0.25) is 0 Å². The minimum atomic E-state index is 0.00539. The second-order valence-electron chi connectivity index (χ2n) is 4.16. The predicted octanol–water partition coefficient (Wildman–Crippen LogP) is 3.12. The summed E-state index contributed by atoms with van der Waals surface area (Å²) >= 11 is 9.23. The van der Waals surface area contributed by atoms with E-state index in [0.29, 0.717) is 10.7 Å². The third-order valence-corrected chi connectivity index (χ3v) is 3.98. The van der Waals surface area contributed by atoms with Crippen LogP contribution in [-0.2, 0) is 0 Å². The maximum Gasteiger partial charge on any atom is 0.272 e. The molecule has 0 bridgehead atoms. The summed E-state index contributed by atoms with van der Waals surface area (Å²) in [7, 11) is 0. The van der Waals surface area contributed by atoms with Crippen LogP contribution in [0, 0.1) is 0 Å². The lowest BCUT2D eigenvalue weighted by atomic mass is 10.0. The van der Waals surface area contributed by atoms with E-state index in [-0.39, 0.29) is 11.9 Å². The summed E-state index contributed by atoms with van der Waals surface area (Å²) in [5.41, 5.74) is 0.474. The number of piperidine rings is 1. The third kappa shape index (κ3) is 2.99. The van der Waals surface area contributed by atoms with Crippen molar-refractivity contribution in [3.8, 4) is 0 Å². The predicted molar refractivity (Wildman–Crippen MR) is 71.7 cm³/mol. The molecule has 0 aliphatic carbocycles. The molecule has 5 heteroatoms. The number of hydrogen-bond acceptors (Lipinski definition) is 2. The molecule has 3 nitrogen and oxygen atoms in total. The molecule has 0 aromatic carbocycles. The Morgan fingerprint density at radius 1 is 1.53 bits per heavy atom. The highest BCUT2D eigenvalue weighted by Gasteiger charge is 2.27. The summed E-state index contributed by atoms with van der Waals surface area (Å²) in [6, 6.07) is 3.67. The first-order valence-electron chi connectivity index (χ1n) is 5.71. The molecule has 0 spiro atoms. The van der Waals surface area contributed by atoms with Gasteiger partial charge in [-0.3, -0.25) is 4.79 Å². The maximum atomic E-state index is 12.3. The number of likely N-dealkylation sites (tertiary alicyclic amines) is 1. The van der Waals surface area contributed by atoms with Crippen molar-refractivity contribution in [2.75, 3.05) is 11.9 Å². The molecule has 2 heterocycles. The summed E-state index contributed by atoms with van der Waals surface area (Å²) in [5.74, 6) is 0.00539. The number of halogens is 2. The van der Waals surface area contributed by atoms with E-state index in [4.69, 9.17) is 11.6 Å². The van der Waals surface area contributed by atoms with Gasteiger partial charge >= 0.3 is 0 Å². The van der Waals surface area contributed by atoms with Gasteiger partial charge in [0.05, 0.1) is 5.02 Å². The fourth-order valence-corrected chi connectivity index (χ4v) is 2.86. The lowest BCUT2D eigenvalue weighted by Crippen LogP contribution is -2.44. The van der Waals surface area contributed by atoms with Crippen LogP contribution in [0.3, 0.4) is 0 Å². The third-order valence-electron chi connectivity index (χ3n) is 3.01. The van der Waals surface area contributed by atoms with E-state index in [1.54, 1.807) is 12.1 Å². The fourth-order valence-electron chi connectivity index (χ4n) is 2.08. The van der Waals surface area contributed by atoms with E-state index in [0.717, 1.165) is 24.7 Å². The van der Waals surface area contributed by atoms with Gasteiger partial charge in [-0.15, -0.1) is 0 Å². The zero-order valence-electron chi connectivity index (χ0n) is 9.40. The lowest BCUT2D eigenvalue weighted by Gasteiger charge is -2.34. The minimum Gasteiger partial charge on any atom is -0.333 e. The summed E-state index contributed by atoms with van der Waals surface area (Å²) in [5, 5.41) is 1.38. The van der Waals surface area contributed by atoms with E-state index >= 15 is 0 Å². The summed E-state index contributed by atoms with van der Waals surface area (Å²) in [6.45, 7) is 0.819. The Kier molecular flexibility index (Phi) is 4.40. The van der Waals surface area contributed by atoms with Gasteiger partial charge in [-0.2, -0.15) is 0 Å². The van der Waals surface area contributed by atoms with Crippen molar-refractivity contribution in [3.05, 3.63) is 29.0 Å². The summed E-state index contributed by atoms with van der Waals surface area (Å²) in [4.78, 5) is 18.3. The number of alkyl halides is 1. The maximum absolute atomic E-state index is 12.3.